The third kappa shape index (κ3) is 27.7. The molecule has 0 aromatic heterocycles. The first-order valence-corrected chi connectivity index (χ1v) is 26.2. The first kappa shape index (κ1) is 69.1. The highest BCUT2D eigenvalue weighted by Gasteiger charge is 2.46. The number of carboxylic acids is 2. The Morgan fingerprint density at radius 1 is 0.671 bits per heavy atom. The van der Waals surface area contributed by atoms with Crippen LogP contribution in [0.5, 0.6) is 0 Å². The quantitative estimate of drug-likeness (QED) is 0.0121. The molecule has 0 saturated carbocycles. The summed E-state index contributed by atoms with van der Waals surface area (Å²) in [5.41, 5.74) is 22.2. The van der Waals surface area contributed by atoms with E-state index in [1.807, 2.05) is 6.92 Å². The molecule has 0 saturated heterocycles. The summed E-state index contributed by atoms with van der Waals surface area (Å²) in [7, 11) is 0. The van der Waals surface area contributed by atoms with Crippen molar-refractivity contribution in [3.8, 4) is 0 Å². The van der Waals surface area contributed by atoms with E-state index in [9.17, 15) is 59.4 Å². The Labute approximate surface area is 459 Å². The summed E-state index contributed by atoms with van der Waals surface area (Å²) in [4.78, 5) is 84.8. The van der Waals surface area contributed by atoms with E-state index in [2.05, 4.69) is 20.6 Å². The third-order valence-corrected chi connectivity index (χ3v) is 11.9. The van der Waals surface area contributed by atoms with E-state index in [1.165, 1.54) is 13.0 Å². The van der Waals surface area contributed by atoms with Crippen LogP contribution in [0.25, 0.3) is 0 Å². The number of guanidine groups is 2. The van der Waals surface area contributed by atoms with Crippen molar-refractivity contribution in [1.29, 1.82) is 0 Å². The number of aliphatic carboxylic acids is 2. The molecule has 30 heteroatoms. The molecule has 0 radical (unpaired) electrons. The molecule has 79 heavy (non-hydrogen) atoms. The van der Waals surface area contributed by atoms with Gasteiger partial charge in [-0.25, -0.2) is 19.6 Å². The van der Waals surface area contributed by atoms with E-state index in [4.69, 9.17) is 65.6 Å². The average Bonchev–Trinajstić information content (AvgIpc) is 3.42. The molecule has 0 aliphatic carbocycles. The molecular formula is C49H85N9O21. The number of carbonyl (C=O) groups is 6. The lowest BCUT2D eigenvalue weighted by molar-refractivity contribution is -0.176. The second kappa shape index (κ2) is 39.4. The standard InChI is InChI=1S/C49H85N9O21/c1-4-15-71-19-21-74-23-24-75-22-20-73-17-11-39(65)58(14-18-72-16-9-10-40(66)79-44(35(63)28-60)42-30(2)32(56-48(50)51)25-36(77-42)46(67)68)13-8-6-5-7-12-54-38(64)29-76-43(34(62)27-59)45-41(55-31(3)61)33(57-49(52)53)26-37(78-45)47(69)70/h25-26,30,32-35,41-45,59-60,62-63H,4-24,27-29H2,1-3H3,(H,54,64)(H,55,61)(H,67,68)(H,69,70)(H4,50,51,56)(H4,52,53,57)/t30-,32+,33+,34-,35-,41-,42-,43-,44-,45-/m1/s1. The van der Waals surface area contributed by atoms with Crippen molar-refractivity contribution in [2.45, 2.75) is 127 Å². The van der Waals surface area contributed by atoms with Crippen molar-refractivity contribution in [3.63, 3.8) is 0 Å². The minimum Gasteiger partial charge on any atom is -0.479 e. The van der Waals surface area contributed by atoms with Gasteiger partial charge in [0.05, 0.1) is 90.6 Å². The van der Waals surface area contributed by atoms with Crippen LogP contribution in [-0.2, 0) is 71.4 Å². The van der Waals surface area contributed by atoms with E-state index < -0.39 is 128 Å². The van der Waals surface area contributed by atoms with Gasteiger partial charge in [-0.2, -0.15) is 0 Å². The van der Waals surface area contributed by atoms with Gasteiger partial charge in [0.25, 0.3) is 0 Å². The number of hydrogen-bond acceptors (Lipinski definition) is 21. The maximum absolute atomic E-state index is 13.4. The molecule has 3 amide bonds. The van der Waals surface area contributed by atoms with Crippen LogP contribution in [0.2, 0.25) is 0 Å². The minimum absolute atomic E-state index is 0.0761. The number of carbonyl (C=O) groups excluding carboxylic acids is 4. The Morgan fingerprint density at radius 2 is 1.20 bits per heavy atom. The minimum atomic E-state index is -1.70. The molecule has 452 valence electrons. The molecule has 30 nitrogen and oxygen atoms in total. The number of esters is 1. The smallest absolute Gasteiger partial charge is 0.370 e. The number of ether oxygens (including phenoxy) is 9. The number of nitrogens with zero attached hydrogens (tertiary/aromatic N) is 3. The number of amides is 3. The molecule has 0 fully saturated rings. The molecule has 0 unspecified atom stereocenters. The van der Waals surface area contributed by atoms with Crippen LogP contribution < -0.4 is 33.6 Å². The second-order valence-electron chi connectivity index (χ2n) is 18.3. The Kier molecular flexibility index (Phi) is 34.5. The van der Waals surface area contributed by atoms with Gasteiger partial charge in [0, 0.05) is 52.1 Å². The molecule has 2 heterocycles. The highest BCUT2D eigenvalue weighted by atomic mass is 16.6. The predicted molar refractivity (Wildman–Crippen MR) is 279 cm³/mol. The van der Waals surface area contributed by atoms with Gasteiger partial charge in [-0.3, -0.25) is 19.2 Å². The number of nitrogens with one attached hydrogen (secondary N) is 2. The van der Waals surface area contributed by atoms with Crippen molar-refractivity contribution in [2.24, 2.45) is 38.8 Å². The van der Waals surface area contributed by atoms with Gasteiger partial charge in [-0.15, -0.1) is 0 Å². The van der Waals surface area contributed by atoms with Gasteiger partial charge < -0.3 is 112 Å². The molecule has 0 spiro atoms. The predicted octanol–water partition coefficient (Wildman–Crippen LogP) is -3.68. The van der Waals surface area contributed by atoms with E-state index in [0.717, 1.165) is 12.5 Å². The van der Waals surface area contributed by atoms with Crippen LogP contribution in [0, 0.1) is 5.92 Å². The number of aliphatic hydroxyl groups is 4. The molecule has 10 atom stereocenters. The summed E-state index contributed by atoms with van der Waals surface area (Å²) in [6.45, 7) is 6.54. The summed E-state index contributed by atoms with van der Waals surface area (Å²) in [5, 5.41) is 65.4. The largest absolute Gasteiger partial charge is 0.479 e. The fourth-order valence-corrected chi connectivity index (χ4v) is 8.03. The normalized spacial score (nSPS) is 20.3. The maximum Gasteiger partial charge on any atom is 0.370 e. The van der Waals surface area contributed by atoms with Crippen molar-refractivity contribution in [3.05, 3.63) is 23.7 Å². The molecule has 0 aromatic carbocycles. The van der Waals surface area contributed by atoms with E-state index in [-0.39, 0.29) is 70.6 Å². The topological polar surface area (TPSA) is 463 Å². The van der Waals surface area contributed by atoms with E-state index in [0.29, 0.717) is 71.9 Å². The number of carboxylic acid groups (broad SMARTS) is 2. The number of nitrogens with two attached hydrogens (primary N) is 4. The number of hydrogen-bond donors (Lipinski definition) is 12. The van der Waals surface area contributed by atoms with Gasteiger partial charge in [0.1, 0.15) is 31.0 Å². The zero-order valence-electron chi connectivity index (χ0n) is 45.4. The molecule has 16 N–H and O–H groups in total. The lowest BCUT2D eigenvalue weighted by atomic mass is 9.87. The van der Waals surface area contributed by atoms with Crippen LogP contribution in [0.3, 0.4) is 0 Å². The molecule has 2 aliphatic rings. The number of aliphatic hydroxyl groups excluding tert-OH is 4. The summed E-state index contributed by atoms with van der Waals surface area (Å²) < 4.78 is 50.1. The van der Waals surface area contributed by atoms with Crippen molar-refractivity contribution in [1.82, 2.24) is 15.5 Å². The van der Waals surface area contributed by atoms with Crippen LogP contribution in [0.1, 0.15) is 72.1 Å². The molecular weight excluding hydrogens is 1050 g/mol. The van der Waals surface area contributed by atoms with Crippen LogP contribution in [0.15, 0.2) is 33.7 Å². The van der Waals surface area contributed by atoms with E-state index in [1.54, 1.807) is 11.8 Å². The number of aliphatic imine (C=N–C) groups is 2. The first-order chi connectivity index (χ1) is 37.7. The molecule has 2 rings (SSSR count). The fourth-order valence-electron chi connectivity index (χ4n) is 8.03. The Morgan fingerprint density at radius 3 is 1.77 bits per heavy atom. The Bertz CT molecular complexity index is 1970. The third-order valence-electron chi connectivity index (χ3n) is 11.9. The molecule has 0 aromatic rings. The summed E-state index contributed by atoms with van der Waals surface area (Å²) in [5.74, 6) is -7.77. The molecule has 2 aliphatic heterocycles. The summed E-state index contributed by atoms with van der Waals surface area (Å²) >= 11 is 0. The van der Waals surface area contributed by atoms with Crippen molar-refractivity contribution >= 4 is 47.5 Å². The lowest BCUT2D eigenvalue weighted by Gasteiger charge is -2.40. The van der Waals surface area contributed by atoms with Gasteiger partial charge in [0.15, 0.2) is 24.1 Å². The Hall–Kier alpha value is -5.96. The molecule has 0 bridgehead atoms. The first-order valence-electron chi connectivity index (χ1n) is 26.2. The van der Waals surface area contributed by atoms with Gasteiger partial charge in [0.2, 0.25) is 29.2 Å². The van der Waals surface area contributed by atoms with Crippen LogP contribution >= 0.6 is 0 Å². The Balaban J connectivity index is 1.93. The second-order valence-corrected chi connectivity index (χ2v) is 18.3. The SMILES string of the molecule is CCCOCCOCCOCCOCCC(=O)N(CCCCCCNC(=O)CO[C@@H]([C@@H]1OC(C(=O)O)=C[C@H](N=C(N)N)[C@H]1NC(C)=O)[C@H](O)CO)CCOCCCC(=O)O[C@@H]([C@@H]1OC(C(=O)O)=C[C@H](N=C(N)N)[C@H]1C)[C@H](O)CO. The maximum atomic E-state index is 13.4. The van der Waals surface area contributed by atoms with Crippen LogP contribution in [0.4, 0.5) is 0 Å². The number of unbranched alkanes of at least 4 members (excludes halogenated alkanes) is 3. The monoisotopic (exact) mass is 1140 g/mol. The fraction of sp³-hybridized carbons (Fsp3) is 0.755. The van der Waals surface area contributed by atoms with Gasteiger partial charge in [-0.1, -0.05) is 26.7 Å². The summed E-state index contributed by atoms with van der Waals surface area (Å²) in [6, 6.07) is -3.28. The highest BCUT2D eigenvalue weighted by molar-refractivity contribution is 5.86. The average molecular weight is 1140 g/mol. The summed E-state index contributed by atoms with van der Waals surface area (Å²) in [6.07, 6.45) is -3.47. The van der Waals surface area contributed by atoms with Crippen molar-refractivity contribution < 1.29 is 102 Å². The highest BCUT2D eigenvalue weighted by Crippen LogP contribution is 2.31. The van der Waals surface area contributed by atoms with Crippen LogP contribution in [-0.4, -0.2) is 243 Å². The van der Waals surface area contributed by atoms with Gasteiger partial charge in [-0.05, 0) is 37.8 Å². The van der Waals surface area contributed by atoms with E-state index >= 15 is 0 Å². The number of rotatable bonds is 43. The van der Waals surface area contributed by atoms with Crippen molar-refractivity contribution in [2.75, 3.05) is 106 Å². The zero-order chi connectivity index (χ0) is 58.7. The van der Waals surface area contributed by atoms with Gasteiger partial charge >= 0.3 is 17.9 Å². The lowest BCUT2D eigenvalue weighted by Crippen LogP contribution is -2.60. The zero-order valence-corrected chi connectivity index (χ0v) is 45.4.